The molecule has 0 aliphatic rings. The average molecular weight is 491 g/mol. The second-order valence-corrected chi connectivity index (χ2v) is 11.5. The highest BCUT2D eigenvalue weighted by molar-refractivity contribution is 7.92. The zero-order chi connectivity index (χ0) is 24.6. The monoisotopic (exact) mass is 490 g/mol. The molecule has 0 aliphatic carbocycles. The molecule has 0 spiro atoms. The maximum atomic E-state index is 13.0. The van der Waals surface area contributed by atoms with Gasteiger partial charge in [-0.15, -0.1) is 0 Å². The van der Waals surface area contributed by atoms with Crippen molar-refractivity contribution in [3.63, 3.8) is 0 Å². The van der Waals surface area contributed by atoms with Gasteiger partial charge in [0.1, 0.15) is 5.75 Å². The van der Waals surface area contributed by atoms with Crippen LogP contribution >= 0.6 is 0 Å². The predicted molar refractivity (Wildman–Crippen MR) is 124 cm³/mol. The van der Waals surface area contributed by atoms with E-state index in [1.54, 1.807) is 18.2 Å². The maximum absolute atomic E-state index is 13.0. The molecule has 174 valence electrons. The minimum absolute atomic E-state index is 0.142. The molecule has 0 heterocycles. The second kappa shape index (κ2) is 8.83. The van der Waals surface area contributed by atoms with Gasteiger partial charge in [0.25, 0.3) is 10.0 Å². The lowest BCUT2D eigenvalue weighted by molar-refractivity contribution is -0.385. The molecule has 33 heavy (non-hydrogen) atoms. The Hall–Kier alpha value is -3.44. The first-order valence-electron chi connectivity index (χ1n) is 9.63. The van der Waals surface area contributed by atoms with Gasteiger partial charge in [0.15, 0.2) is 9.84 Å². The molecule has 0 saturated carbocycles. The van der Waals surface area contributed by atoms with E-state index in [-0.39, 0.29) is 21.3 Å². The maximum Gasteiger partial charge on any atom is 0.312 e. The van der Waals surface area contributed by atoms with Crippen LogP contribution < -0.4 is 9.04 Å². The summed E-state index contributed by atoms with van der Waals surface area (Å²) < 4.78 is 56.0. The standard InChI is InChI=1S/C22H22N2O7S2/c1-15-5-10-20(13-16(15)2)33(29,30)23(3)17-6-8-18(9-7-17)31-22-12-11-19(32(4,27)28)14-21(22)24(25)26/h5-14H,1-4H3. The number of nitro groups is 1. The Kier molecular flexibility index (Phi) is 6.48. The summed E-state index contributed by atoms with van der Waals surface area (Å²) >= 11 is 0. The van der Waals surface area contributed by atoms with Crippen molar-refractivity contribution in [1.82, 2.24) is 0 Å². The van der Waals surface area contributed by atoms with Crippen molar-refractivity contribution in [1.29, 1.82) is 0 Å². The predicted octanol–water partition coefficient (Wildman–Crippen LogP) is 4.23. The fourth-order valence-electron chi connectivity index (χ4n) is 2.98. The third kappa shape index (κ3) is 5.15. The van der Waals surface area contributed by atoms with Crippen LogP contribution in [0.25, 0.3) is 0 Å². The van der Waals surface area contributed by atoms with Crippen LogP contribution in [-0.2, 0) is 19.9 Å². The van der Waals surface area contributed by atoms with E-state index in [1.807, 2.05) is 13.8 Å². The molecule has 0 amide bonds. The van der Waals surface area contributed by atoms with Gasteiger partial charge in [0.2, 0.25) is 5.75 Å². The minimum atomic E-state index is -3.79. The summed E-state index contributed by atoms with van der Waals surface area (Å²) in [7, 11) is -6.00. The lowest BCUT2D eigenvalue weighted by Gasteiger charge is -2.20. The number of sulfone groups is 1. The number of nitrogens with zero attached hydrogens (tertiary/aromatic N) is 2. The summed E-state index contributed by atoms with van der Waals surface area (Å²) in [5, 5.41) is 11.4. The number of benzene rings is 3. The highest BCUT2D eigenvalue weighted by Gasteiger charge is 2.23. The van der Waals surface area contributed by atoms with Crippen molar-refractivity contribution in [2.45, 2.75) is 23.6 Å². The van der Waals surface area contributed by atoms with Crippen molar-refractivity contribution in [2.75, 3.05) is 17.6 Å². The van der Waals surface area contributed by atoms with E-state index in [1.165, 1.54) is 43.4 Å². The number of rotatable bonds is 7. The largest absolute Gasteiger partial charge is 0.450 e. The van der Waals surface area contributed by atoms with Crippen LogP contribution in [0.2, 0.25) is 0 Å². The Labute approximate surface area is 192 Å². The van der Waals surface area contributed by atoms with E-state index in [0.717, 1.165) is 27.8 Å². The van der Waals surface area contributed by atoms with Crippen molar-refractivity contribution < 1.29 is 26.5 Å². The number of hydrogen-bond donors (Lipinski definition) is 0. The number of sulfonamides is 1. The van der Waals surface area contributed by atoms with Crippen LogP contribution in [-0.4, -0.2) is 35.1 Å². The van der Waals surface area contributed by atoms with E-state index in [4.69, 9.17) is 4.74 Å². The zero-order valence-electron chi connectivity index (χ0n) is 18.3. The Balaban J connectivity index is 1.87. The summed E-state index contributed by atoms with van der Waals surface area (Å²) in [6.45, 7) is 3.73. The van der Waals surface area contributed by atoms with Crippen LogP contribution in [0.3, 0.4) is 0 Å². The molecule has 11 heteroatoms. The van der Waals surface area contributed by atoms with Gasteiger partial charge in [0.05, 0.1) is 20.4 Å². The molecule has 3 aromatic rings. The second-order valence-electron chi connectivity index (χ2n) is 7.47. The lowest BCUT2D eigenvalue weighted by Crippen LogP contribution is -2.26. The lowest BCUT2D eigenvalue weighted by atomic mass is 10.1. The molecule has 0 unspecified atom stereocenters. The highest BCUT2D eigenvalue weighted by atomic mass is 32.2. The Morgan fingerprint density at radius 3 is 2.00 bits per heavy atom. The van der Waals surface area contributed by atoms with Crippen LogP contribution in [0.1, 0.15) is 11.1 Å². The van der Waals surface area contributed by atoms with Crippen LogP contribution in [0.5, 0.6) is 11.5 Å². The molecule has 9 nitrogen and oxygen atoms in total. The molecular weight excluding hydrogens is 468 g/mol. The van der Waals surface area contributed by atoms with Crippen molar-refractivity contribution in [2.24, 2.45) is 0 Å². The number of aryl methyl sites for hydroxylation is 2. The molecule has 3 rings (SSSR count). The highest BCUT2D eigenvalue weighted by Crippen LogP contribution is 2.34. The normalized spacial score (nSPS) is 11.8. The first-order chi connectivity index (χ1) is 15.3. The smallest absolute Gasteiger partial charge is 0.312 e. The topological polar surface area (TPSA) is 124 Å². The minimum Gasteiger partial charge on any atom is -0.450 e. The third-order valence-electron chi connectivity index (χ3n) is 5.12. The number of nitro benzene ring substituents is 1. The van der Waals surface area contributed by atoms with Crippen LogP contribution in [0.15, 0.2) is 70.5 Å². The first kappa shape index (κ1) is 24.2. The fourth-order valence-corrected chi connectivity index (χ4v) is 4.90. The van der Waals surface area contributed by atoms with Gasteiger partial charge in [0, 0.05) is 19.4 Å². The molecule has 3 aromatic carbocycles. The van der Waals surface area contributed by atoms with E-state index >= 15 is 0 Å². The molecule has 0 aliphatic heterocycles. The SMILES string of the molecule is Cc1ccc(S(=O)(=O)N(C)c2ccc(Oc3ccc(S(C)(=O)=O)cc3[N+](=O)[O-])cc2)cc1C. The van der Waals surface area contributed by atoms with Crippen molar-refractivity contribution in [3.05, 3.63) is 81.9 Å². The molecule has 0 fully saturated rings. The molecule has 0 bridgehead atoms. The Bertz CT molecular complexity index is 1430. The molecular formula is C22H22N2O7S2. The van der Waals surface area contributed by atoms with Gasteiger partial charge in [-0.05, 0) is 73.5 Å². The van der Waals surface area contributed by atoms with Gasteiger partial charge in [-0.25, -0.2) is 16.8 Å². The number of anilines is 1. The molecule has 0 radical (unpaired) electrons. The van der Waals surface area contributed by atoms with Crippen LogP contribution in [0.4, 0.5) is 11.4 Å². The summed E-state index contributed by atoms with van der Waals surface area (Å²) in [4.78, 5) is 10.6. The average Bonchev–Trinajstić information content (AvgIpc) is 2.75. The Morgan fingerprint density at radius 2 is 1.45 bits per heavy atom. The fraction of sp³-hybridized carbons (Fsp3) is 0.182. The number of hydrogen-bond acceptors (Lipinski definition) is 7. The summed E-state index contributed by atoms with van der Waals surface area (Å²) in [5.74, 6) is 0.0715. The van der Waals surface area contributed by atoms with Gasteiger partial charge in [-0.1, -0.05) is 6.07 Å². The van der Waals surface area contributed by atoms with Crippen molar-refractivity contribution >= 4 is 31.2 Å². The zero-order valence-corrected chi connectivity index (χ0v) is 20.0. The molecule has 0 N–H and O–H groups in total. The number of ether oxygens (including phenoxy) is 1. The van der Waals surface area contributed by atoms with Gasteiger partial charge in [-0.2, -0.15) is 0 Å². The summed E-state index contributed by atoms with van der Waals surface area (Å²) in [5.41, 5.74) is 1.70. The molecule has 0 atom stereocenters. The van der Waals surface area contributed by atoms with E-state index in [0.29, 0.717) is 5.69 Å². The third-order valence-corrected chi connectivity index (χ3v) is 8.01. The summed E-state index contributed by atoms with van der Waals surface area (Å²) in [6, 6.07) is 14.2. The van der Waals surface area contributed by atoms with Crippen LogP contribution in [0, 0.1) is 24.0 Å². The molecule has 0 aromatic heterocycles. The van der Waals surface area contributed by atoms with Crippen molar-refractivity contribution in [3.8, 4) is 11.5 Å². The van der Waals surface area contributed by atoms with Gasteiger partial charge < -0.3 is 4.74 Å². The van der Waals surface area contributed by atoms with E-state index in [2.05, 4.69) is 0 Å². The first-order valence-corrected chi connectivity index (χ1v) is 13.0. The molecule has 0 saturated heterocycles. The Morgan fingerprint density at radius 1 is 0.848 bits per heavy atom. The quantitative estimate of drug-likeness (QED) is 0.358. The van der Waals surface area contributed by atoms with E-state index in [9.17, 15) is 26.9 Å². The summed E-state index contributed by atoms with van der Waals surface area (Å²) in [6.07, 6.45) is 0.952. The van der Waals surface area contributed by atoms with E-state index < -0.39 is 30.5 Å². The van der Waals surface area contributed by atoms with Gasteiger partial charge in [-0.3, -0.25) is 14.4 Å². The van der Waals surface area contributed by atoms with Gasteiger partial charge >= 0.3 is 5.69 Å².